The maximum absolute atomic E-state index is 12.7. The predicted molar refractivity (Wildman–Crippen MR) is 78.5 cm³/mol. The molecule has 3 aliphatic rings. The van der Waals surface area contributed by atoms with E-state index in [2.05, 4.69) is 12.2 Å². The monoisotopic (exact) mass is 280 g/mol. The summed E-state index contributed by atoms with van der Waals surface area (Å²) in [5.74, 6) is 1.61. The second-order valence-electron chi connectivity index (χ2n) is 6.71. The first-order chi connectivity index (χ1) is 9.78. The molecule has 2 saturated heterocycles. The van der Waals surface area contributed by atoms with Gasteiger partial charge in [0.2, 0.25) is 5.91 Å². The number of nitrogens with zero attached hydrogens (tertiary/aromatic N) is 1. The number of fused-ring (bicyclic) bond motifs is 1. The van der Waals surface area contributed by atoms with Crippen molar-refractivity contribution in [3.63, 3.8) is 0 Å². The lowest BCUT2D eigenvalue weighted by atomic mass is 9.85. The number of ether oxygens (including phenoxy) is 1. The average molecular weight is 280 g/mol. The van der Waals surface area contributed by atoms with Crippen molar-refractivity contribution in [2.45, 2.75) is 57.5 Å². The van der Waals surface area contributed by atoms with Crippen LogP contribution >= 0.6 is 0 Å². The van der Waals surface area contributed by atoms with Crippen molar-refractivity contribution in [2.75, 3.05) is 26.3 Å². The predicted octanol–water partition coefficient (Wildman–Crippen LogP) is 1.79. The van der Waals surface area contributed by atoms with Gasteiger partial charge in [-0.1, -0.05) is 12.8 Å². The van der Waals surface area contributed by atoms with Crippen molar-refractivity contribution in [3.05, 3.63) is 0 Å². The number of amides is 1. The van der Waals surface area contributed by atoms with Gasteiger partial charge in [-0.15, -0.1) is 0 Å². The van der Waals surface area contributed by atoms with Crippen LogP contribution in [0.1, 0.15) is 45.4 Å². The molecular weight excluding hydrogens is 252 g/mol. The van der Waals surface area contributed by atoms with Gasteiger partial charge in [0.1, 0.15) is 0 Å². The van der Waals surface area contributed by atoms with Gasteiger partial charge in [-0.25, -0.2) is 0 Å². The molecule has 4 atom stereocenters. The fraction of sp³-hybridized carbons (Fsp3) is 0.938. The van der Waals surface area contributed by atoms with Gasteiger partial charge in [0.05, 0.1) is 12.6 Å². The van der Waals surface area contributed by atoms with Crippen LogP contribution < -0.4 is 5.32 Å². The van der Waals surface area contributed by atoms with Gasteiger partial charge >= 0.3 is 0 Å². The molecule has 0 aromatic heterocycles. The van der Waals surface area contributed by atoms with E-state index in [4.69, 9.17) is 4.74 Å². The Kier molecular flexibility index (Phi) is 4.61. The van der Waals surface area contributed by atoms with Crippen molar-refractivity contribution in [1.29, 1.82) is 0 Å². The van der Waals surface area contributed by atoms with E-state index in [0.29, 0.717) is 17.9 Å². The third kappa shape index (κ3) is 3.01. The second-order valence-corrected chi connectivity index (χ2v) is 6.71. The van der Waals surface area contributed by atoms with Crippen LogP contribution in [0.4, 0.5) is 0 Å². The zero-order valence-corrected chi connectivity index (χ0v) is 12.6. The summed E-state index contributed by atoms with van der Waals surface area (Å²) in [6.07, 6.45) is 7.40. The molecule has 0 radical (unpaired) electrons. The summed E-state index contributed by atoms with van der Waals surface area (Å²) in [7, 11) is 0. The van der Waals surface area contributed by atoms with Gasteiger partial charge in [-0.2, -0.15) is 0 Å². The third-order valence-corrected chi connectivity index (χ3v) is 5.36. The lowest BCUT2D eigenvalue weighted by molar-refractivity contribution is -0.133. The molecule has 1 amide bonds. The Labute approximate surface area is 122 Å². The van der Waals surface area contributed by atoms with Crippen molar-refractivity contribution in [1.82, 2.24) is 10.2 Å². The van der Waals surface area contributed by atoms with Crippen LogP contribution in [-0.4, -0.2) is 49.2 Å². The molecule has 1 aliphatic carbocycles. The van der Waals surface area contributed by atoms with E-state index in [0.717, 1.165) is 45.1 Å². The number of carbonyl (C=O) groups excluding carboxylic acids is 1. The van der Waals surface area contributed by atoms with Gasteiger partial charge in [0.15, 0.2) is 0 Å². The molecule has 2 heterocycles. The molecule has 0 aromatic rings. The van der Waals surface area contributed by atoms with Crippen LogP contribution in [0, 0.1) is 11.8 Å². The molecule has 3 fully saturated rings. The van der Waals surface area contributed by atoms with Gasteiger partial charge < -0.3 is 15.0 Å². The summed E-state index contributed by atoms with van der Waals surface area (Å²) in [6, 6.07) is 0.677. The molecule has 1 N–H and O–H groups in total. The molecule has 4 unspecified atom stereocenters. The highest BCUT2D eigenvalue weighted by Crippen LogP contribution is 2.33. The summed E-state index contributed by atoms with van der Waals surface area (Å²) in [4.78, 5) is 14.8. The normalized spacial score (nSPS) is 36.9. The number of likely N-dealkylation sites (N-methyl/N-ethyl adjacent to an activating group) is 1. The maximum Gasteiger partial charge on any atom is 0.239 e. The molecule has 20 heavy (non-hydrogen) atoms. The van der Waals surface area contributed by atoms with E-state index in [-0.39, 0.29) is 6.04 Å². The SMILES string of the molecule is CCN(CC1CCOC1)C(=O)C1CC2CCCCC2N1. The van der Waals surface area contributed by atoms with Crippen molar-refractivity contribution < 1.29 is 9.53 Å². The summed E-state index contributed by atoms with van der Waals surface area (Å²) in [5, 5.41) is 3.61. The maximum atomic E-state index is 12.7. The van der Waals surface area contributed by atoms with E-state index in [9.17, 15) is 4.79 Å². The Balaban J connectivity index is 1.56. The van der Waals surface area contributed by atoms with Crippen LogP contribution in [-0.2, 0) is 9.53 Å². The average Bonchev–Trinajstić information content (AvgIpc) is 3.12. The van der Waals surface area contributed by atoms with Crippen LogP contribution in [0.2, 0.25) is 0 Å². The van der Waals surface area contributed by atoms with Crippen molar-refractivity contribution >= 4 is 5.91 Å². The molecule has 0 spiro atoms. The van der Waals surface area contributed by atoms with Crippen LogP contribution in [0.5, 0.6) is 0 Å². The minimum atomic E-state index is 0.0744. The minimum Gasteiger partial charge on any atom is -0.381 e. The van der Waals surface area contributed by atoms with Crippen LogP contribution in [0.15, 0.2) is 0 Å². The lowest BCUT2D eigenvalue weighted by Crippen LogP contribution is -2.47. The highest BCUT2D eigenvalue weighted by atomic mass is 16.5. The molecule has 2 aliphatic heterocycles. The number of nitrogens with one attached hydrogen (secondary N) is 1. The quantitative estimate of drug-likeness (QED) is 0.853. The Hall–Kier alpha value is -0.610. The number of carbonyl (C=O) groups is 1. The Bertz CT molecular complexity index is 323. The zero-order chi connectivity index (χ0) is 13.9. The summed E-state index contributed by atoms with van der Waals surface area (Å²) in [5.41, 5.74) is 0. The molecule has 3 rings (SSSR count). The highest BCUT2D eigenvalue weighted by molar-refractivity contribution is 5.82. The Morgan fingerprint density at radius 3 is 2.85 bits per heavy atom. The molecule has 4 nitrogen and oxygen atoms in total. The van der Waals surface area contributed by atoms with Crippen LogP contribution in [0.25, 0.3) is 0 Å². The minimum absolute atomic E-state index is 0.0744. The first-order valence-electron chi connectivity index (χ1n) is 8.40. The van der Waals surface area contributed by atoms with E-state index in [1.54, 1.807) is 0 Å². The van der Waals surface area contributed by atoms with Crippen LogP contribution in [0.3, 0.4) is 0 Å². The standard InChI is InChI=1S/C16H28N2O2/c1-2-18(10-12-7-8-20-11-12)16(19)15-9-13-5-3-4-6-14(13)17-15/h12-15,17H,2-11H2,1H3. The molecule has 0 bridgehead atoms. The van der Waals surface area contributed by atoms with Crippen molar-refractivity contribution in [3.8, 4) is 0 Å². The molecule has 1 saturated carbocycles. The summed E-state index contributed by atoms with van der Waals surface area (Å²) in [6.45, 7) is 5.48. The second kappa shape index (κ2) is 6.44. The smallest absolute Gasteiger partial charge is 0.239 e. The number of hydrogen-bond acceptors (Lipinski definition) is 3. The zero-order valence-electron chi connectivity index (χ0n) is 12.6. The lowest BCUT2D eigenvalue weighted by Gasteiger charge is -2.27. The first-order valence-corrected chi connectivity index (χ1v) is 8.40. The van der Waals surface area contributed by atoms with E-state index >= 15 is 0 Å². The fourth-order valence-corrected chi connectivity index (χ4v) is 4.14. The third-order valence-electron chi connectivity index (χ3n) is 5.36. The molecular formula is C16H28N2O2. The molecule has 4 heteroatoms. The van der Waals surface area contributed by atoms with Gasteiger partial charge in [-0.3, -0.25) is 4.79 Å². The van der Waals surface area contributed by atoms with E-state index in [1.165, 1.54) is 25.7 Å². The van der Waals surface area contributed by atoms with Gasteiger partial charge in [-0.05, 0) is 38.5 Å². The van der Waals surface area contributed by atoms with Crippen molar-refractivity contribution in [2.24, 2.45) is 11.8 Å². The Morgan fingerprint density at radius 1 is 1.30 bits per heavy atom. The molecule has 0 aromatic carbocycles. The Morgan fingerprint density at radius 2 is 2.15 bits per heavy atom. The van der Waals surface area contributed by atoms with Gasteiger partial charge in [0.25, 0.3) is 0 Å². The highest BCUT2D eigenvalue weighted by Gasteiger charge is 2.39. The largest absolute Gasteiger partial charge is 0.381 e. The molecule has 114 valence electrons. The first kappa shape index (κ1) is 14.3. The fourth-order valence-electron chi connectivity index (χ4n) is 4.14. The topological polar surface area (TPSA) is 41.6 Å². The van der Waals surface area contributed by atoms with E-state index in [1.807, 2.05) is 4.90 Å². The summed E-state index contributed by atoms with van der Waals surface area (Å²) >= 11 is 0. The van der Waals surface area contributed by atoms with E-state index < -0.39 is 0 Å². The number of rotatable bonds is 4. The van der Waals surface area contributed by atoms with Gasteiger partial charge in [0, 0.05) is 31.7 Å². The number of hydrogen-bond donors (Lipinski definition) is 1. The summed E-state index contributed by atoms with van der Waals surface area (Å²) < 4.78 is 5.43.